The molecule has 1 heterocycles. The molecule has 0 aliphatic heterocycles. The monoisotopic (exact) mass is 228 g/mol. The molecule has 0 radical (unpaired) electrons. The van der Waals surface area contributed by atoms with E-state index in [0.717, 1.165) is 17.1 Å². The lowest BCUT2D eigenvalue weighted by Crippen LogP contribution is -2.01. The highest BCUT2D eigenvalue weighted by Crippen LogP contribution is 2.17. The number of nitrogens with zero attached hydrogens (tertiary/aromatic N) is 2. The van der Waals surface area contributed by atoms with Crippen LogP contribution < -0.4 is 0 Å². The van der Waals surface area contributed by atoms with E-state index in [0.29, 0.717) is 5.56 Å². The third-order valence-corrected chi connectivity index (χ3v) is 3.15. The molecule has 0 saturated heterocycles. The normalized spacial score (nSPS) is 10.6. The SMILES string of the molecule is CC(=O)c1cccc(-n2nc(C)c(C)c2C)c1. The molecule has 2 rings (SSSR count). The van der Waals surface area contributed by atoms with E-state index in [2.05, 4.69) is 12.0 Å². The maximum Gasteiger partial charge on any atom is 0.159 e. The van der Waals surface area contributed by atoms with E-state index in [1.807, 2.05) is 42.8 Å². The number of aryl methyl sites for hydroxylation is 1. The third kappa shape index (κ3) is 2.00. The summed E-state index contributed by atoms with van der Waals surface area (Å²) in [6.45, 7) is 7.66. The zero-order valence-electron chi connectivity index (χ0n) is 10.6. The van der Waals surface area contributed by atoms with E-state index in [4.69, 9.17) is 0 Å². The molecule has 0 atom stereocenters. The lowest BCUT2D eigenvalue weighted by atomic mass is 10.1. The van der Waals surface area contributed by atoms with Gasteiger partial charge in [0, 0.05) is 11.3 Å². The minimum Gasteiger partial charge on any atom is -0.295 e. The quantitative estimate of drug-likeness (QED) is 0.740. The lowest BCUT2D eigenvalue weighted by Gasteiger charge is -2.05. The molecule has 1 aromatic carbocycles. The standard InChI is InChI=1S/C14H16N2O/c1-9-10(2)15-16(11(9)3)14-7-5-6-13(8-14)12(4)17/h5-8H,1-4H3. The first-order valence-electron chi connectivity index (χ1n) is 5.65. The summed E-state index contributed by atoms with van der Waals surface area (Å²) in [5, 5.41) is 4.49. The molecule has 0 spiro atoms. The van der Waals surface area contributed by atoms with Crippen molar-refractivity contribution in [2.45, 2.75) is 27.7 Å². The molecule has 17 heavy (non-hydrogen) atoms. The molecule has 0 N–H and O–H groups in total. The first kappa shape index (κ1) is 11.6. The topological polar surface area (TPSA) is 34.9 Å². The second-order valence-electron chi connectivity index (χ2n) is 4.31. The van der Waals surface area contributed by atoms with Crippen molar-refractivity contribution in [1.29, 1.82) is 0 Å². The van der Waals surface area contributed by atoms with Crippen molar-refractivity contribution in [3.63, 3.8) is 0 Å². The van der Waals surface area contributed by atoms with Crippen LogP contribution in [0.15, 0.2) is 24.3 Å². The van der Waals surface area contributed by atoms with Crippen molar-refractivity contribution in [3.05, 3.63) is 46.8 Å². The van der Waals surface area contributed by atoms with E-state index < -0.39 is 0 Å². The first-order valence-corrected chi connectivity index (χ1v) is 5.65. The molecule has 0 amide bonds. The average Bonchev–Trinajstić information content (AvgIpc) is 2.57. The van der Waals surface area contributed by atoms with Crippen LogP contribution in [0.25, 0.3) is 5.69 Å². The fourth-order valence-electron chi connectivity index (χ4n) is 1.83. The number of aromatic nitrogens is 2. The zero-order valence-corrected chi connectivity index (χ0v) is 10.6. The highest BCUT2D eigenvalue weighted by Gasteiger charge is 2.09. The Morgan fingerprint density at radius 1 is 1.24 bits per heavy atom. The van der Waals surface area contributed by atoms with Crippen LogP contribution in [0.5, 0.6) is 0 Å². The first-order chi connectivity index (χ1) is 8.00. The Labute approximate surface area is 101 Å². The Hall–Kier alpha value is -1.90. The van der Waals surface area contributed by atoms with Gasteiger partial charge in [-0.05, 0) is 45.4 Å². The molecule has 88 valence electrons. The summed E-state index contributed by atoms with van der Waals surface area (Å²) >= 11 is 0. The highest BCUT2D eigenvalue weighted by atomic mass is 16.1. The van der Waals surface area contributed by atoms with E-state index in [9.17, 15) is 4.79 Å². The zero-order chi connectivity index (χ0) is 12.6. The molecule has 0 aliphatic rings. The van der Waals surface area contributed by atoms with Crippen molar-refractivity contribution < 1.29 is 4.79 Å². The largest absolute Gasteiger partial charge is 0.295 e. The number of Topliss-reactive ketones (excluding diaryl/α,β-unsaturated/α-hetero) is 1. The van der Waals surface area contributed by atoms with Crippen LogP contribution in [0.1, 0.15) is 34.2 Å². The second kappa shape index (κ2) is 4.17. The third-order valence-electron chi connectivity index (χ3n) is 3.15. The van der Waals surface area contributed by atoms with Crippen molar-refractivity contribution in [1.82, 2.24) is 9.78 Å². The maximum absolute atomic E-state index is 11.4. The Kier molecular flexibility index (Phi) is 2.84. The summed E-state index contributed by atoms with van der Waals surface area (Å²) in [7, 11) is 0. The number of benzene rings is 1. The molecule has 0 unspecified atom stereocenters. The summed E-state index contributed by atoms with van der Waals surface area (Å²) in [4.78, 5) is 11.4. The molecular weight excluding hydrogens is 212 g/mol. The maximum atomic E-state index is 11.4. The summed E-state index contributed by atoms with van der Waals surface area (Å²) in [6, 6.07) is 7.55. The van der Waals surface area contributed by atoms with E-state index in [1.165, 1.54) is 5.56 Å². The predicted octanol–water partition coefficient (Wildman–Crippen LogP) is 3.00. The van der Waals surface area contributed by atoms with Gasteiger partial charge in [-0.25, -0.2) is 4.68 Å². The molecule has 0 bridgehead atoms. The fraction of sp³-hybridized carbons (Fsp3) is 0.286. The number of carbonyl (C=O) groups excluding carboxylic acids is 1. The van der Waals surface area contributed by atoms with Gasteiger partial charge in [0.1, 0.15) is 0 Å². The molecular formula is C14H16N2O. The molecule has 3 heteroatoms. The minimum atomic E-state index is 0.0742. The summed E-state index contributed by atoms with van der Waals surface area (Å²) < 4.78 is 1.89. The average molecular weight is 228 g/mol. The Morgan fingerprint density at radius 2 is 1.94 bits per heavy atom. The van der Waals surface area contributed by atoms with Crippen LogP contribution in [0.4, 0.5) is 0 Å². The van der Waals surface area contributed by atoms with Gasteiger partial charge in [0.2, 0.25) is 0 Å². The van der Waals surface area contributed by atoms with Crippen LogP contribution in [0, 0.1) is 20.8 Å². The van der Waals surface area contributed by atoms with Crippen LogP contribution >= 0.6 is 0 Å². The molecule has 3 nitrogen and oxygen atoms in total. The van der Waals surface area contributed by atoms with Gasteiger partial charge in [0.05, 0.1) is 11.4 Å². The van der Waals surface area contributed by atoms with Gasteiger partial charge in [-0.15, -0.1) is 0 Å². The molecule has 0 saturated carbocycles. The van der Waals surface area contributed by atoms with Crippen molar-refractivity contribution >= 4 is 5.78 Å². The van der Waals surface area contributed by atoms with Crippen molar-refractivity contribution in [3.8, 4) is 5.69 Å². The Morgan fingerprint density at radius 3 is 2.47 bits per heavy atom. The van der Waals surface area contributed by atoms with Gasteiger partial charge in [0.25, 0.3) is 0 Å². The van der Waals surface area contributed by atoms with E-state index in [1.54, 1.807) is 6.92 Å². The van der Waals surface area contributed by atoms with E-state index in [-0.39, 0.29) is 5.78 Å². The Balaban J connectivity index is 2.56. The van der Waals surface area contributed by atoms with Crippen LogP contribution in [0.2, 0.25) is 0 Å². The van der Waals surface area contributed by atoms with Gasteiger partial charge in [-0.1, -0.05) is 12.1 Å². The lowest BCUT2D eigenvalue weighted by molar-refractivity contribution is 0.101. The molecule has 0 fully saturated rings. The van der Waals surface area contributed by atoms with Crippen molar-refractivity contribution in [2.24, 2.45) is 0 Å². The van der Waals surface area contributed by atoms with Crippen LogP contribution in [-0.4, -0.2) is 15.6 Å². The van der Waals surface area contributed by atoms with Crippen LogP contribution in [-0.2, 0) is 0 Å². The second-order valence-corrected chi connectivity index (χ2v) is 4.31. The number of ketones is 1. The Bertz CT molecular complexity index is 582. The smallest absolute Gasteiger partial charge is 0.159 e. The number of carbonyl (C=O) groups is 1. The summed E-state index contributed by atoms with van der Waals surface area (Å²) in [6.07, 6.45) is 0. The highest BCUT2D eigenvalue weighted by molar-refractivity contribution is 5.94. The molecule has 1 aromatic heterocycles. The predicted molar refractivity (Wildman–Crippen MR) is 67.8 cm³/mol. The van der Waals surface area contributed by atoms with Gasteiger partial charge in [-0.3, -0.25) is 4.79 Å². The number of rotatable bonds is 2. The van der Waals surface area contributed by atoms with Crippen LogP contribution in [0.3, 0.4) is 0 Å². The van der Waals surface area contributed by atoms with Gasteiger partial charge < -0.3 is 0 Å². The van der Waals surface area contributed by atoms with E-state index >= 15 is 0 Å². The number of hydrogen-bond acceptors (Lipinski definition) is 2. The van der Waals surface area contributed by atoms with Gasteiger partial charge >= 0.3 is 0 Å². The summed E-state index contributed by atoms with van der Waals surface area (Å²) in [5.74, 6) is 0.0742. The van der Waals surface area contributed by atoms with Gasteiger partial charge in [0.15, 0.2) is 5.78 Å². The summed E-state index contributed by atoms with van der Waals surface area (Å²) in [5.41, 5.74) is 4.98. The molecule has 2 aromatic rings. The fourth-order valence-corrected chi connectivity index (χ4v) is 1.83. The van der Waals surface area contributed by atoms with Crippen molar-refractivity contribution in [2.75, 3.05) is 0 Å². The molecule has 0 aliphatic carbocycles. The minimum absolute atomic E-state index is 0.0742. The van der Waals surface area contributed by atoms with Gasteiger partial charge in [-0.2, -0.15) is 5.10 Å². The number of hydrogen-bond donors (Lipinski definition) is 0.